The van der Waals surface area contributed by atoms with Crippen molar-refractivity contribution < 1.29 is 19.7 Å². The van der Waals surface area contributed by atoms with Crippen molar-refractivity contribution >= 4 is 18.1 Å². The van der Waals surface area contributed by atoms with Crippen LogP contribution in [0.15, 0.2) is 42.5 Å². The van der Waals surface area contributed by atoms with Gasteiger partial charge < -0.3 is 14.9 Å². The molecule has 2 N–H and O–H groups in total. The molecule has 0 bridgehead atoms. The van der Waals surface area contributed by atoms with Crippen LogP contribution in [-0.2, 0) is 4.79 Å². The number of hydrogen-bond donors (Lipinski definition) is 2. The van der Waals surface area contributed by atoms with Crippen LogP contribution in [0, 0.1) is 0 Å². The number of phenols is 2. The Labute approximate surface area is 154 Å². The maximum absolute atomic E-state index is 11.9. The van der Waals surface area contributed by atoms with E-state index in [0.29, 0.717) is 12.2 Å². The summed E-state index contributed by atoms with van der Waals surface area (Å²) in [5.41, 5.74) is 1.64. The molecule has 2 aromatic rings. The van der Waals surface area contributed by atoms with E-state index in [9.17, 15) is 15.0 Å². The second-order valence-electron chi connectivity index (χ2n) is 6.32. The molecule has 0 unspecified atom stereocenters. The van der Waals surface area contributed by atoms with E-state index < -0.39 is 0 Å². The van der Waals surface area contributed by atoms with Gasteiger partial charge in [0.25, 0.3) is 0 Å². The van der Waals surface area contributed by atoms with Crippen molar-refractivity contribution in [3.05, 3.63) is 53.6 Å². The SMILES string of the molecule is CCCCCCCC(=O)Oc1cc(O)cc(C=Cc2ccc(O)cc2)c1. The molecule has 2 aromatic carbocycles. The Morgan fingerprint density at radius 3 is 2.31 bits per heavy atom. The molecule has 0 saturated carbocycles. The number of carbonyl (C=O) groups excluding carboxylic acids is 1. The number of rotatable bonds is 9. The molecule has 0 aliphatic heterocycles. The Morgan fingerprint density at radius 2 is 1.58 bits per heavy atom. The van der Waals surface area contributed by atoms with Gasteiger partial charge in [-0.05, 0) is 41.8 Å². The first kappa shape index (κ1) is 19.6. The fourth-order valence-electron chi connectivity index (χ4n) is 2.59. The van der Waals surface area contributed by atoms with Gasteiger partial charge in [0.2, 0.25) is 0 Å². The van der Waals surface area contributed by atoms with Gasteiger partial charge in [-0.15, -0.1) is 0 Å². The number of carbonyl (C=O) groups is 1. The zero-order valence-electron chi connectivity index (χ0n) is 15.1. The average Bonchev–Trinajstić information content (AvgIpc) is 2.60. The molecule has 0 atom stereocenters. The van der Waals surface area contributed by atoms with Crippen LogP contribution in [0.3, 0.4) is 0 Å². The highest BCUT2D eigenvalue weighted by atomic mass is 16.5. The normalized spacial score (nSPS) is 11.0. The number of ether oxygens (including phenoxy) is 1. The number of phenolic OH excluding ortho intramolecular Hbond substituents is 2. The van der Waals surface area contributed by atoms with E-state index in [4.69, 9.17) is 4.74 Å². The highest BCUT2D eigenvalue weighted by Crippen LogP contribution is 2.24. The van der Waals surface area contributed by atoms with Gasteiger partial charge in [0.05, 0.1) is 0 Å². The van der Waals surface area contributed by atoms with Gasteiger partial charge in [-0.25, -0.2) is 0 Å². The van der Waals surface area contributed by atoms with Gasteiger partial charge >= 0.3 is 5.97 Å². The van der Waals surface area contributed by atoms with Crippen LogP contribution in [0.2, 0.25) is 0 Å². The van der Waals surface area contributed by atoms with Crippen molar-refractivity contribution in [1.82, 2.24) is 0 Å². The first-order valence-electron chi connectivity index (χ1n) is 9.08. The van der Waals surface area contributed by atoms with Gasteiger partial charge in [0, 0.05) is 12.5 Å². The third-order valence-electron chi connectivity index (χ3n) is 3.99. The molecule has 4 heteroatoms. The molecule has 0 aliphatic carbocycles. The lowest BCUT2D eigenvalue weighted by Crippen LogP contribution is -2.07. The van der Waals surface area contributed by atoms with Crippen LogP contribution < -0.4 is 4.74 Å². The second-order valence-corrected chi connectivity index (χ2v) is 6.32. The molecule has 0 amide bonds. The Balaban J connectivity index is 1.93. The van der Waals surface area contributed by atoms with E-state index in [2.05, 4.69) is 6.92 Å². The fraction of sp³-hybridized carbons (Fsp3) is 0.318. The Kier molecular flexibility index (Phi) is 7.75. The fourth-order valence-corrected chi connectivity index (χ4v) is 2.59. The summed E-state index contributed by atoms with van der Waals surface area (Å²) in [5, 5.41) is 19.2. The predicted molar refractivity (Wildman–Crippen MR) is 104 cm³/mol. The number of esters is 1. The zero-order valence-corrected chi connectivity index (χ0v) is 15.1. The average molecular weight is 354 g/mol. The molecule has 0 heterocycles. The lowest BCUT2D eigenvalue weighted by molar-refractivity contribution is -0.134. The molecule has 2 rings (SSSR count). The molecule has 0 fully saturated rings. The number of aromatic hydroxyl groups is 2. The highest BCUT2D eigenvalue weighted by Gasteiger charge is 2.07. The van der Waals surface area contributed by atoms with E-state index in [-0.39, 0.29) is 17.5 Å². The standard InChI is InChI=1S/C22H26O4/c1-2-3-4-5-6-7-22(25)26-21-15-18(14-20(24)16-21)9-8-17-10-12-19(23)13-11-17/h8-16,23-24H,2-7H2,1H3. The molecule has 4 nitrogen and oxygen atoms in total. The van der Waals surface area contributed by atoms with Crippen LogP contribution in [0.4, 0.5) is 0 Å². The van der Waals surface area contributed by atoms with E-state index in [0.717, 1.165) is 30.4 Å². The predicted octanol–water partition coefficient (Wildman–Crippen LogP) is 5.53. The maximum atomic E-state index is 11.9. The topological polar surface area (TPSA) is 66.8 Å². The Morgan fingerprint density at radius 1 is 0.885 bits per heavy atom. The molecule has 138 valence electrons. The molecular weight excluding hydrogens is 328 g/mol. The largest absolute Gasteiger partial charge is 0.508 e. The van der Waals surface area contributed by atoms with Crippen LogP contribution in [0.25, 0.3) is 12.2 Å². The molecule has 26 heavy (non-hydrogen) atoms. The van der Waals surface area contributed by atoms with Gasteiger partial charge in [-0.1, -0.05) is 56.9 Å². The minimum Gasteiger partial charge on any atom is -0.508 e. The lowest BCUT2D eigenvalue weighted by Gasteiger charge is -2.06. The van der Waals surface area contributed by atoms with Gasteiger partial charge in [0.1, 0.15) is 17.2 Å². The Hall–Kier alpha value is -2.75. The summed E-state index contributed by atoms with van der Waals surface area (Å²) >= 11 is 0. The summed E-state index contributed by atoms with van der Waals surface area (Å²) < 4.78 is 5.34. The van der Waals surface area contributed by atoms with Crippen molar-refractivity contribution in [2.75, 3.05) is 0 Å². The molecular formula is C22H26O4. The monoisotopic (exact) mass is 354 g/mol. The van der Waals surface area contributed by atoms with E-state index in [1.165, 1.54) is 18.9 Å². The van der Waals surface area contributed by atoms with Crippen LogP contribution in [0.5, 0.6) is 17.2 Å². The van der Waals surface area contributed by atoms with Crippen molar-refractivity contribution in [1.29, 1.82) is 0 Å². The van der Waals surface area contributed by atoms with Gasteiger partial charge in [-0.3, -0.25) is 4.79 Å². The van der Waals surface area contributed by atoms with Crippen molar-refractivity contribution in [2.24, 2.45) is 0 Å². The third-order valence-corrected chi connectivity index (χ3v) is 3.99. The number of hydrogen-bond acceptors (Lipinski definition) is 4. The molecule has 0 aromatic heterocycles. The van der Waals surface area contributed by atoms with Crippen molar-refractivity contribution in [3.8, 4) is 17.2 Å². The summed E-state index contributed by atoms with van der Waals surface area (Å²) in [7, 11) is 0. The Bertz CT molecular complexity index is 732. The summed E-state index contributed by atoms with van der Waals surface area (Å²) in [6.45, 7) is 2.16. The summed E-state index contributed by atoms with van der Waals surface area (Å²) in [6, 6.07) is 11.5. The van der Waals surface area contributed by atoms with Crippen molar-refractivity contribution in [2.45, 2.75) is 45.4 Å². The molecule has 0 saturated heterocycles. The molecule has 0 radical (unpaired) electrons. The van der Waals surface area contributed by atoms with Crippen LogP contribution in [0.1, 0.15) is 56.6 Å². The first-order chi connectivity index (χ1) is 12.6. The molecule has 0 spiro atoms. The van der Waals surface area contributed by atoms with Gasteiger partial charge in [0.15, 0.2) is 0 Å². The molecule has 0 aliphatic rings. The quantitative estimate of drug-likeness (QED) is 0.269. The summed E-state index contributed by atoms with van der Waals surface area (Å²) in [5.74, 6) is 0.321. The maximum Gasteiger partial charge on any atom is 0.311 e. The number of unbranched alkanes of at least 4 members (excludes halogenated alkanes) is 4. The van der Waals surface area contributed by atoms with Crippen LogP contribution in [-0.4, -0.2) is 16.2 Å². The van der Waals surface area contributed by atoms with E-state index in [1.807, 2.05) is 12.2 Å². The number of benzene rings is 2. The third kappa shape index (κ3) is 7.01. The first-order valence-corrected chi connectivity index (χ1v) is 9.08. The van der Waals surface area contributed by atoms with Crippen LogP contribution >= 0.6 is 0 Å². The van der Waals surface area contributed by atoms with Gasteiger partial charge in [-0.2, -0.15) is 0 Å². The van der Waals surface area contributed by atoms with E-state index in [1.54, 1.807) is 36.4 Å². The minimum atomic E-state index is -0.277. The van der Waals surface area contributed by atoms with E-state index >= 15 is 0 Å². The zero-order chi connectivity index (χ0) is 18.8. The minimum absolute atomic E-state index is 0.0450. The highest BCUT2D eigenvalue weighted by molar-refractivity contribution is 5.74. The lowest BCUT2D eigenvalue weighted by atomic mass is 10.1. The summed E-state index contributed by atoms with van der Waals surface area (Å²) in [6.07, 6.45) is 9.42. The smallest absolute Gasteiger partial charge is 0.311 e. The summed E-state index contributed by atoms with van der Waals surface area (Å²) in [4.78, 5) is 11.9. The second kappa shape index (κ2) is 10.3. The van der Waals surface area contributed by atoms with Crippen molar-refractivity contribution in [3.63, 3.8) is 0 Å².